The number of hydrogen-bond acceptors (Lipinski definition) is 3. The van der Waals surface area contributed by atoms with Crippen LogP contribution in [-0.4, -0.2) is 13.1 Å². The van der Waals surface area contributed by atoms with Gasteiger partial charge in [-0.25, -0.2) is 0 Å². The van der Waals surface area contributed by atoms with Gasteiger partial charge >= 0.3 is 5.97 Å². The molecule has 0 saturated carbocycles. The molecule has 1 aromatic carbocycles. The fourth-order valence-electron chi connectivity index (χ4n) is 1.43. The molecule has 0 aliphatic rings. The van der Waals surface area contributed by atoms with Crippen molar-refractivity contribution in [3.8, 4) is 0 Å². The molecule has 2 N–H and O–H groups in total. The second-order valence-corrected chi connectivity index (χ2v) is 3.68. The Kier molecular flexibility index (Phi) is 4.16. The second kappa shape index (κ2) is 5.39. The van der Waals surface area contributed by atoms with E-state index in [4.69, 9.17) is 5.73 Å². The lowest BCUT2D eigenvalue weighted by Crippen LogP contribution is -2.03. The molecule has 0 radical (unpaired) electrons. The summed E-state index contributed by atoms with van der Waals surface area (Å²) in [7, 11) is 1.41. The van der Waals surface area contributed by atoms with E-state index in [-0.39, 0.29) is 5.97 Å². The van der Waals surface area contributed by atoms with Crippen molar-refractivity contribution in [3.63, 3.8) is 0 Å². The molecule has 15 heavy (non-hydrogen) atoms. The summed E-state index contributed by atoms with van der Waals surface area (Å²) in [5.74, 6) is 0.196. The molecule has 1 unspecified atom stereocenters. The summed E-state index contributed by atoms with van der Waals surface area (Å²) in [6.07, 6.45) is 1.26. The Morgan fingerprint density at radius 1 is 1.40 bits per heavy atom. The minimum atomic E-state index is -0.155. The lowest BCUT2D eigenvalue weighted by Gasteiger charge is -2.10. The number of carbonyl (C=O) groups is 1. The lowest BCUT2D eigenvalue weighted by molar-refractivity contribution is -0.140. The molecule has 0 amide bonds. The summed E-state index contributed by atoms with van der Waals surface area (Å²) in [5.41, 5.74) is 7.56. The number of methoxy groups -OCH3 is 1. The van der Waals surface area contributed by atoms with E-state index in [1.165, 1.54) is 12.7 Å². The molecule has 82 valence electrons. The quantitative estimate of drug-likeness (QED) is 0.609. The van der Waals surface area contributed by atoms with Crippen LogP contribution in [0.3, 0.4) is 0 Å². The first-order valence-electron chi connectivity index (χ1n) is 5.05. The predicted molar refractivity (Wildman–Crippen MR) is 60.5 cm³/mol. The van der Waals surface area contributed by atoms with Gasteiger partial charge in [0.1, 0.15) is 0 Å². The number of carbonyl (C=O) groups excluding carboxylic acids is 1. The Balaban J connectivity index is 2.50. The first-order chi connectivity index (χ1) is 7.13. The monoisotopic (exact) mass is 207 g/mol. The highest BCUT2D eigenvalue weighted by Crippen LogP contribution is 2.21. The third-order valence-electron chi connectivity index (χ3n) is 2.51. The minimum Gasteiger partial charge on any atom is -0.469 e. The van der Waals surface area contributed by atoms with Gasteiger partial charge in [0.2, 0.25) is 0 Å². The Labute approximate surface area is 90.2 Å². The molecular formula is C12H17NO2. The van der Waals surface area contributed by atoms with Gasteiger partial charge in [0.15, 0.2) is 0 Å². The molecule has 3 heteroatoms. The molecule has 0 aliphatic heterocycles. The number of ether oxygens (including phenoxy) is 1. The summed E-state index contributed by atoms with van der Waals surface area (Å²) < 4.78 is 4.60. The topological polar surface area (TPSA) is 52.3 Å². The second-order valence-electron chi connectivity index (χ2n) is 3.68. The van der Waals surface area contributed by atoms with Crippen LogP contribution in [0.5, 0.6) is 0 Å². The van der Waals surface area contributed by atoms with Crippen LogP contribution in [0.1, 0.15) is 31.2 Å². The van der Waals surface area contributed by atoms with Crippen molar-refractivity contribution in [2.45, 2.75) is 25.7 Å². The summed E-state index contributed by atoms with van der Waals surface area (Å²) in [5, 5.41) is 0. The van der Waals surface area contributed by atoms with Gasteiger partial charge in [0, 0.05) is 12.1 Å². The predicted octanol–water partition coefficient (Wildman–Crippen LogP) is 2.33. The van der Waals surface area contributed by atoms with Crippen LogP contribution < -0.4 is 5.73 Å². The highest BCUT2D eigenvalue weighted by atomic mass is 16.5. The fourth-order valence-corrected chi connectivity index (χ4v) is 1.43. The van der Waals surface area contributed by atoms with E-state index in [1.54, 1.807) is 0 Å². The maximum Gasteiger partial charge on any atom is 0.305 e. The molecule has 1 atom stereocenters. The standard InChI is InChI=1S/C12H17NO2/c1-9(3-8-12(14)15-2)10-4-6-11(13)7-5-10/h4-7,9H,3,8,13H2,1-2H3. The maximum absolute atomic E-state index is 11.0. The highest BCUT2D eigenvalue weighted by molar-refractivity contribution is 5.69. The van der Waals surface area contributed by atoms with E-state index in [0.717, 1.165) is 12.1 Å². The van der Waals surface area contributed by atoms with Gasteiger partial charge in [0.05, 0.1) is 7.11 Å². The molecule has 1 rings (SSSR count). The third-order valence-corrected chi connectivity index (χ3v) is 2.51. The first-order valence-corrected chi connectivity index (χ1v) is 5.05. The Morgan fingerprint density at radius 3 is 2.53 bits per heavy atom. The van der Waals surface area contributed by atoms with Gasteiger partial charge in [-0.15, -0.1) is 0 Å². The van der Waals surface area contributed by atoms with Crippen LogP contribution in [-0.2, 0) is 9.53 Å². The number of hydrogen-bond donors (Lipinski definition) is 1. The van der Waals surface area contributed by atoms with Crippen molar-refractivity contribution in [1.82, 2.24) is 0 Å². The average Bonchev–Trinajstić information content (AvgIpc) is 2.26. The average molecular weight is 207 g/mol. The minimum absolute atomic E-state index is 0.155. The first kappa shape index (κ1) is 11.6. The highest BCUT2D eigenvalue weighted by Gasteiger charge is 2.08. The van der Waals surface area contributed by atoms with Gasteiger partial charge in [-0.3, -0.25) is 4.79 Å². The number of anilines is 1. The number of nitrogen functional groups attached to an aromatic ring is 1. The van der Waals surface area contributed by atoms with Crippen LogP contribution in [0.15, 0.2) is 24.3 Å². The number of nitrogens with two attached hydrogens (primary N) is 1. The Bertz CT molecular complexity index is 319. The summed E-state index contributed by atoms with van der Waals surface area (Å²) in [6, 6.07) is 7.75. The summed E-state index contributed by atoms with van der Waals surface area (Å²) >= 11 is 0. The molecule has 0 heterocycles. The van der Waals surface area contributed by atoms with Crippen LogP contribution in [0, 0.1) is 0 Å². The normalized spacial score (nSPS) is 12.1. The van der Waals surface area contributed by atoms with Gasteiger partial charge < -0.3 is 10.5 Å². The Morgan fingerprint density at radius 2 is 2.00 bits per heavy atom. The zero-order valence-corrected chi connectivity index (χ0v) is 9.19. The van der Waals surface area contributed by atoms with Gasteiger partial charge in [0.25, 0.3) is 0 Å². The largest absolute Gasteiger partial charge is 0.469 e. The van der Waals surface area contributed by atoms with Crippen molar-refractivity contribution < 1.29 is 9.53 Å². The molecule has 3 nitrogen and oxygen atoms in total. The molecule has 0 aromatic heterocycles. The zero-order valence-electron chi connectivity index (χ0n) is 9.19. The van der Waals surface area contributed by atoms with E-state index in [9.17, 15) is 4.79 Å². The van der Waals surface area contributed by atoms with Crippen molar-refractivity contribution in [2.24, 2.45) is 0 Å². The van der Waals surface area contributed by atoms with Gasteiger partial charge in [-0.05, 0) is 30.0 Å². The van der Waals surface area contributed by atoms with Crippen LogP contribution >= 0.6 is 0 Å². The van der Waals surface area contributed by atoms with Gasteiger partial charge in [-0.1, -0.05) is 19.1 Å². The summed E-state index contributed by atoms with van der Waals surface area (Å²) in [4.78, 5) is 11.0. The lowest BCUT2D eigenvalue weighted by atomic mass is 9.96. The van der Waals surface area contributed by atoms with E-state index in [0.29, 0.717) is 12.3 Å². The maximum atomic E-state index is 11.0. The fraction of sp³-hybridized carbons (Fsp3) is 0.417. The van der Waals surface area contributed by atoms with E-state index < -0.39 is 0 Å². The SMILES string of the molecule is COC(=O)CCC(C)c1ccc(N)cc1. The van der Waals surface area contributed by atoms with Crippen LogP contribution in [0.4, 0.5) is 5.69 Å². The number of benzene rings is 1. The molecule has 0 spiro atoms. The molecule has 0 aliphatic carbocycles. The summed E-state index contributed by atoms with van der Waals surface area (Å²) in [6.45, 7) is 2.09. The van der Waals surface area contributed by atoms with E-state index in [2.05, 4.69) is 11.7 Å². The smallest absolute Gasteiger partial charge is 0.305 e. The van der Waals surface area contributed by atoms with Crippen LogP contribution in [0.2, 0.25) is 0 Å². The number of esters is 1. The van der Waals surface area contributed by atoms with E-state index >= 15 is 0 Å². The third kappa shape index (κ3) is 3.62. The van der Waals surface area contributed by atoms with Crippen LogP contribution in [0.25, 0.3) is 0 Å². The molecule has 1 aromatic rings. The zero-order chi connectivity index (χ0) is 11.3. The van der Waals surface area contributed by atoms with Crippen molar-refractivity contribution in [2.75, 3.05) is 12.8 Å². The number of rotatable bonds is 4. The van der Waals surface area contributed by atoms with Gasteiger partial charge in [-0.2, -0.15) is 0 Å². The molecule has 0 saturated heterocycles. The van der Waals surface area contributed by atoms with E-state index in [1.807, 2.05) is 24.3 Å². The van der Waals surface area contributed by atoms with Crippen molar-refractivity contribution in [3.05, 3.63) is 29.8 Å². The molecular weight excluding hydrogens is 190 g/mol. The Hall–Kier alpha value is -1.51. The van der Waals surface area contributed by atoms with Crippen molar-refractivity contribution in [1.29, 1.82) is 0 Å². The molecule has 0 fully saturated rings. The van der Waals surface area contributed by atoms with Crippen molar-refractivity contribution >= 4 is 11.7 Å². The molecule has 0 bridgehead atoms.